The fourth-order valence-corrected chi connectivity index (χ4v) is 5.34. The summed E-state index contributed by atoms with van der Waals surface area (Å²) in [5.41, 5.74) is 2.58. The molecule has 5 rings (SSSR count). The number of nitrogens with zero attached hydrogens (tertiary/aromatic N) is 5. The van der Waals surface area contributed by atoms with E-state index in [0.29, 0.717) is 43.9 Å². The standard InChI is InChI=1S/C29H39N5O5Si/c1-20-15-25(38-18-29(27(35)36)11-6-12-29)31-17-23(20)24-10-9-21(16-30-24)26-32-28(39-22-7-5-8-22)34(33-26)19-37-13-14-40(2,3)4/h9-10,15-17,22H,5-8,11-14,18-19H2,1-4H3,(H,35,36). The average molecular weight is 566 g/mol. The third kappa shape index (κ3) is 6.52. The second kappa shape index (κ2) is 11.7. The van der Waals surface area contributed by atoms with E-state index < -0.39 is 19.5 Å². The Bertz CT molecular complexity index is 1330. The molecule has 3 heterocycles. The lowest BCUT2D eigenvalue weighted by Crippen LogP contribution is -2.43. The van der Waals surface area contributed by atoms with E-state index in [9.17, 15) is 9.90 Å². The highest BCUT2D eigenvalue weighted by Gasteiger charge is 2.45. The fraction of sp³-hybridized carbons (Fsp3) is 0.552. The van der Waals surface area contributed by atoms with E-state index in [-0.39, 0.29) is 12.7 Å². The van der Waals surface area contributed by atoms with Crippen LogP contribution < -0.4 is 9.47 Å². The second-order valence-electron chi connectivity index (χ2n) is 12.2. The number of aromatic nitrogens is 5. The molecule has 214 valence electrons. The molecule has 0 bridgehead atoms. The predicted molar refractivity (Wildman–Crippen MR) is 153 cm³/mol. The summed E-state index contributed by atoms with van der Waals surface area (Å²) in [4.78, 5) is 25.4. The van der Waals surface area contributed by atoms with Crippen molar-refractivity contribution in [2.24, 2.45) is 5.41 Å². The topological polar surface area (TPSA) is 121 Å². The summed E-state index contributed by atoms with van der Waals surface area (Å²) in [5, 5.41) is 14.2. The summed E-state index contributed by atoms with van der Waals surface area (Å²) in [6.45, 7) is 10.1. The normalized spacial score (nSPS) is 16.7. The Morgan fingerprint density at radius 1 is 1.15 bits per heavy atom. The molecule has 0 aromatic carbocycles. The highest BCUT2D eigenvalue weighted by Crippen LogP contribution is 2.41. The maximum atomic E-state index is 11.6. The molecule has 3 aromatic rings. The average Bonchev–Trinajstić information content (AvgIpc) is 3.25. The van der Waals surface area contributed by atoms with Crippen LogP contribution in [0.2, 0.25) is 25.7 Å². The van der Waals surface area contributed by atoms with E-state index in [2.05, 4.69) is 39.7 Å². The minimum absolute atomic E-state index is 0.135. The second-order valence-corrected chi connectivity index (χ2v) is 17.9. The molecule has 2 saturated carbocycles. The lowest BCUT2D eigenvalue weighted by Gasteiger charge is -2.36. The van der Waals surface area contributed by atoms with Crippen molar-refractivity contribution in [1.82, 2.24) is 24.7 Å². The van der Waals surface area contributed by atoms with Gasteiger partial charge in [0.2, 0.25) is 5.88 Å². The molecular formula is C29H39N5O5Si. The van der Waals surface area contributed by atoms with Crippen molar-refractivity contribution in [3.05, 3.63) is 36.2 Å². The van der Waals surface area contributed by atoms with Crippen molar-refractivity contribution in [2.45, 2.75) is 84.0 Å². The van der Waals surface area contributed by atoms with E-state index in [1.165, 1.54) is 6.42 Å². The molecule has 0 unspecified atom stereocenters. The monoisotopic (exact) mass is 565 g/mol. The Morgan fingerprint density at radius 2 is 1.95 bits per heavy atom. The number of carbonyl (C=O) groups is 1. The van der Waals surface area contributed by atoms with Crippen LogP contribution in [0.4, 0.5) is 0 Å². The van der Waals surface area contributed by atoms with Crippen molar-refractivity contribution < 1.29 is 24.1 Å². The van der Waals surface area contributed by atoms with Gasteiger partial charge in [-0.25, -0.2) is 4.98 Å². The molecule has 11 heteroatoms. The number of pyridine rings is 2. The summed E-state index contributed by atoms with van der Waals surface area (Å²) < 4.78 is 19.5. The van der Waals surface area contributed by atoms with Gasteiger partial charge >= 0.3 is 12.0 Å². The number of aliphatic carboxylic acids is 1. The van der Waals surface area contributed by atoms with E-state index in [4.69, 9.17) is 14.2 Å². The minimum atomic E-state index is -1.18. The molecule has 0 amide bonds. The zero-order valence-electron chi connectivity index (χ0n) is 23.9. The van der Waals surface area contributed by atoms with Crippen LogP contribution in [0.5, 0.6) is 11.9 Å². The van der Waals surface area contributed by atoms with Gasteiger partial charge in [-0.2, -0.15) is 9.67 Å². The van der Waals surface area contributed by atoms with Crippen molar-refractivity contribution in [3.63, 3.8) is 0 Å². The summed E-state index contributed by atoms with van der Waals surface area (Å²) >= 11 is 0. The van der Waals surface area contributed by atoms with Gasteiger partial charge in [0.05, 0.1) is 5.69 Å². The number of rotatable bonds is 13. The molecule has 0 spiro atoms. The fourth-order valence-electron chi connectivity index (χ4n) is 4.59. The van der Waals surface area contributed by atoms with Gasteiger partial charge in [-0.15, -0.1) is 5.10 Å². The van der Waals surface area contributed by atoms with Gasteiger partial charge in [0.15, 0.2) is 5.82 Å². The van der Waals surface area contributed by atoms with Crippen LogP contribution in [0.3, 0.4) is 0 Å². The first-order valence-corrected chi connectivity index (χ1v) is 17.8. The molecule has 3 aromatic heterocycles. The number of aryl methyl sites for hydroxylation is 1. The summed E-state index contributed by atoms with van der Waals surface area (Å²) in [6.07, 6.45) is 9.10. The predicted octanol–water partition coefficient (Wildman–Crippen LogP) is 5.59. The highest BCUT2D eigenvalue weighted by atomic mass is 28.3. The summed E-state index contributed by atoms with van der Waals surface area (Å²) in [6, 6.07) is 7.26. The third-order valence-corrected chi connectivity index (χ3v) is 9.52. The van der Waals surface area contributed by atoms with Crippen LogP contribution in [0.15, 0.2) is 30.6 Å². The molecule has 0 aliphatic heterocycles. The number of ether oxygens (including phenoxy) is 3. The van der Waals surface area contributed by atoms with E-state index in [0.717, 1.165) is 47.7 Å². The Hall–Kier alpha value is -3.31. The number of carboxylic acid groups (broad SMARTS) is 1. The summed E-state index contributed by atoms with van der Waals surface area (Å²) in [7, 11) is -1.18. The maximum absolute atomic E-state index is 11.6. The van der Waals surface area contributed by atoms with Crippen LogP contribution >= 0.6 is 0 Å². The zero-order valence-corrected chi connectivity index (χ0v) is 24.9. The molecule has 1 N–H and O–H groups in total. The van der Waals surface area contributed by atoms with Gasteiger partial charge in [0.25, 0.3) is 0 Å². The van der Waals surface area contributed by atoms with Crippen LogP contribution in [0, 0.1) is 12.3 Å². The highest BCUT2D eigenvalue weighted by molar-refractivity contribution is 6.76. The number of carboxylic acids is 1. The van der Waals surface area contributed by atoms with E-state index >= 15 is 0 Å². The molecule has 2 aliphatic rings. The van der Waals surface area contributed by atoms with Crippen molar-refractivity contribution >= 4 is 14.0 Å². The van der Waals surface area contributed by atoms with E-state index in [1.54, 1.807) is 17.1 Å². The Balaban J connectivity index is 1.26. The molecule has 0 saturated heterocycles. The van der Waals surface area contributed by atoms with E-state index in [1.807, 2.05) is 25.1 Å². The van der Waals surface area contributed by atoms with Gasteiger partial charge in [-0.05, 0) is 62.8 Å². The SMILES string of the molecule is Cc1cc(OCC2(C(=O)O)CCC2)ncc1-c1ccc(-c2nc(OC3CCC3)n(COCC[Si](C)(C)C)n2)cn1. The molecular weight excluding hydrogens is 526 g/mol. The number of hydrogen-bond donors (Lipinski definition) is 1. The van der Waals surface area contributed by atoms with Crippen LogP contribution in [0.25, 0.3) is 22.6 Å². The quantitative estimate of drug-likeness (QED) is 0.209. The van der Waals surface area contributed by atoms with Gasteiger partial charge in [0.1, 0.15) is 24.9 Å². The van der Waals surface area contributed by atoms with Crippen LogP contribution in [-0.2, 0) is 16.3 Å². The Morgan fingerprint density at radius 3 is 2.52 bits per heavy atom. The first-order valence-electron chi connectivity index (χ1n) is 14.1. The molecule has 0 radical (unpaired) electrons. The summed E-state index contributed by atoms with van der Waals surface area (Å²) in [5.74, 6) is 0.169. The molecule has 10 nitrogen and oxygen atoms in total. The maximum Gasteiger partial charge on any atom is 0.317 e. The van der Waals surface area contributed by atoms with Gasteiger partial charge < -0.3 is 19.3 Å². The van der Waals surface area contributed by atoms with Crippen LogP contribution in [0.1, 0.15) is 44.1 Å². The first kappa shape index (κ1) is 28.2. The Kier molecular flexibility index (Phi) is 8.23. The molecule has 40 heavy (non-hydrogen) atoms. The minimum Gasteiger partial charge on any atom is -0.481 e. The molecule has 0 atom stereocenters. The largest absolute Gasteiger partial charge is 0.481 e. The van der Waals surface area contributed by atoms with Crippen molar-refractivity contribution in [2.75, 3.05) is 13.2 Å². The van der Waals surface area contributed by atoms with Crippen molar-refractivity contribution in [3.8, 4) is 34.5 Å². The zero-order chi connectivity index (χ0) is 28.3. The van der Waals surface area contributed by atoms with Crippen molar-refractivity contribution in [1.29, 1.82) is 0 Å². The van der Waals surface area contributed by atoms with Crippen LogP contribution in [-0.4, -0.2) is 63.2 Å². The molecule has 2 fully saturated rings. The first-order chi connectivity index (χ1) is 19.1. The Labute approximate surface area is 236 Å². The third-order valence-electron chi connectivity index (χ3n) is 7.82. The van der Waals surface area contributed by atoms with Gasteiger partial charge in [0, 0.05) is 44.3 Å². The number of hydrogen-bond acceptors (Lipinski definition) is 8. The lowest BCUT2D eigenvalue weighted by atomic mass is 9.69. The smallest absolute Gasteiger partial charge is 0.317 e. The van der Waals surface area contributed by atoms with Gasteiger partial charge in [-0.1, -0.05) is 26.1 Å². The lowest BCUT2D eigenvalue weighted by molar-refractivity contribution is -0.157. The molecule has 2 aliphatic carbocycles. The van der Waals surface area contributed by atoms with Gasteiger partial charge in [-0.3, -0.25) is 9.78 Å².